The molecule has 0 heterocycles. The van der Waals surface area contributed by atoms with Gasteiger partial charge in [0.05, 0.1) is 12.2 Å². The number of carbonyl (C=O) groups excluding carboxylic acids is 1. The lowest BCUT2D eigenvalue weighted by Gasteiger charge is -2.18. The molecule has 1 aromatic rings. The van der Waals surface area contributed by atoms with Crippen molar-refractivity contribution in [2.45, 2.75) is 39.5 Å². The van der Waals surface area contributed by atoms with Crippen LogP contribution in [0.25, 0.3) is 0 Å². The molecule has 0 amide bonds. The Labute approximate surface area is 97.6 Å². The number of carbonyl (C=O) groups is 1. The van der Waals surface area contributed by atoms with Crippen molar-refractivity contribution >= 4 is 5.97 Å². The second kappa shape index (κ2) is 5.15. The molecule has 0 bridgehead atoms. The Morgan fingerprint density at radius 3 is 2.19 bits per heavy atom. The molecule has 0 aliphatic rings. The fourth-order valence-corrected chi connectivity index (χ4v) is 1.38. The van der Waals surface area contributed by atoms with E-state index in [0.717, 1.165) is 6.42 Å². The Bertz CT molecular complexity index is 344. The molecule has 0 aliphatic carbocycles. The zero-order valence-corrected chi connectivity index (χ0v) is 10.5. The first kappa shape index (κ1) is 12.8. The zero-order chi connectivity index (χ0) is 12.2. The van der Waals surface area contributed by atoms with Crippen LogP contribution >= 0.6 is 0 Å². The molecule has 0 saturated heterocycles. The van der Waals surface area contributed by atoms with Gasteiger partial charge in [-0.2, -0.15) is 0 Å². The van der Waals surface area contributed by atoms with Crippen molar-refractivity contribution in [2.75, 3.05) is 6.61 Å². The molecule has 0 radical (unpaired) electrons. The van der Waals surface area contributed by atoms with Gasteiger partial charge in [-0.1, -0.05) is 39.8 Å². The molecule has 0 unspecified atom stereocenters. The lowest BCUT2D eigenvalue weighted by molar-refractivity contribution is 0.0505. The van der Waals surface area contributed by atoms with Gasteiger partial charge in [0.25, 0.3) is 0 Å². The lowest BCUT2D eigenvalue weighted by Crippen LogP contribution is -2.12. The predicted octanol–water partition coefficient (Wildman–Crippen LogP) is 3.55. The minimum Gasteiger partial charge on any atom is -0.462 e. The third kappa shape index (κ3) is 3.37. The van der Waals surface area contributed by atoms with E-state index in [1.54, 1.807) is 0 Å². The van der Waals surface area contributed by atoms with E-state index >= 15 is 0 Å². The molecule has 1 aromatic carbocycles. The van der Waals surface area contributed by atoms with Crippen LogP contribution in [0.4, 0.5) is 0 Å². The summed E-state index contributed by atoms with van der Waals surface area (Å²) < 4.78 is 5.06. The molecule has 0 aromatic heterocycles. The number of benzene rings is 1. The smallest absolute Gasteiger partial charge is 0.338 e. The van der Waals surface area contributed by atoms with Gasteiger partial charge >= 0.3 is 5.97 Å². The number of rotatable bonds is 3. The highest BCUT2D eigenvalue weighted by Crippen LogP contribution is 2.22. The van der Waals surface area contributed by atoms with E-state index in [0.29, 0.717) is 12.2 Å². The van der Waals surface area contributed by atoms with Crippen molar-refractivity contribution < 1.29 is 9.53 Å². The van der Waals surface area contributed by atoms with Gasteiger partial charge in [-0.25, -0.2) is 4.79 Å². The van der Waals surface area contributed by atoms with E-state index in [1.807, 2.05) is 31.2 Å². The van der Waals surface area contributed by atoms with Crippen molar-refractivity contribution in [1.82, 2.24) is 0 Å². The summed E-state index contributed by atoms with van der Waals surface area (Å²) in [4.78, 5) is 11.5. The molecule has 2 heteroatoms. The van der Waals surface area contributed by atoms with E-state index in [1.165, 1.54) is 5.56 Å². The first-order valence-electron chi connectivity index (χ1n) is 5.73. The van der Waals surface area contributed by atoms with Crippen LogP contribution in [0.5, 0.6) is 0 Å². The standard InChI is InChI=1S/C14H20O2/c1-5-10-16-13(15)11-6-8-12(9-7-11)14(2,3)4/h6-9H,5,10H2,1-4H3. The average Bonchev–Trinajstić information content (AvgIpc) is 2.25. The third-order valence-electron chi connectivity index (χ3n) is 2.42. The molecular formula is C14H20O2. The highest BCUT2D eigenvalue weighted by molar-refractivity contribution is 5.89. The summed E-state index contributed by atoms with van der Waals surface area (Å²) in [5.74, 6) is -0.234. The molecule has 2 nitrogen and oxygen atoms in total. The minimum absolute atomic E-state index is 0.117. The predicted molar refractivity (Wildman–Crippen MR) is 65.7 cm³/mol. The summed E-state index contributed by atoms with van der Waals surface area (Å²) in [7, 11) is 0. The van der Waals surface area contributed by atoms with Gasteiger partial charge in [0.2, 0.25) is 0 Å². The Hall–Kier alpha value is -1.31. The SMILES string of the molecule is CCCOC(=O)c1ccc(C(C)(C)C)cc1. The van der Waals surface area contributed by atoms with Gasteiger partial charge in [-0.3, -0.25) is 0 Å². The zero-order valence-electron chi connectivity index (χ0n) is 10.5. The Balaban J connectivity index is 2.75. The Kier molecular flexibility index (Phi) is 4.11. The number of hydrogen-bond donors (Lipinski definition) is 0. The van der Waals surface area contributed by atoms with Gasteiger partial charge in [-0.15, -0.1) is 0 Å². The van der Waals surface area contributed by atoms with E-state index < -0.39 is 0 Å². The molecule has 88 valence electrons. The van der Waals surface area contributed by atoms with Gasteiger partial charge in [0.1, 0.15) is 0 Å². The van der Waals surface area contributed by atoms with Crippen molar-refractivity contribution in [2.24, 2.45) is 0 Å². The second-order valence-electron chi connectivity index (χ2n) is 4.96. The first-order chi connectivity index (χ1) is 7.45. The maximum atomic E-state index is 11.5. The highest BCUT2D eigenvalue weighted by Gasteiger charge is 2.14. The summed E-state index contributed by atoms with van der Waals surface area (Å²) in [6, 6.07) is 7.64. The summed E-state index contributed by atoms with van der Waals surface area (Å²) in [6.07, 6.45) is 0.853. The van der Waals surface area contributed by atoms with E-state index in [-0.39, 0.29) is 11.4 Å². The summed E-state index contributed by atoms with van der Waals surface area (Å²) in [5.41, 5.74) is 1.97. The summed E-state index contributed by atoms with van der Waals surface area (Å²) >= 11 is 0. The van der Waals surface area contributed by atoms with E-state index in [4.69, 9.17) is 4.74 Å². The fraction of sp³-hybridized carbons (Fsp3) is 0.500. The largest absolute Gasteiger partial charge is 0.462 e. The number of hydrogen-bond acceptors (Lipinski definition) is 2. The maximum Gasteiger partial charge on any atom is 0.338 e. The fourth-order valence-electron chi connectivity index (χ4n) is 1.38. The molecule has 0 spiro atoms. The summed E-state index contributed by atoms with van der Waals surface area (Å²) in [6.45, 7) is 8.92. The molecule has 0 N–H and O–H groups in total. The topological polar surface area (TPSA) is 26.3 Å². The maximum absolute atomic E-state index is 11.5. The molecule has 1 rings (SSSR count). The van der Waals surface area contributed by atoms with E-state index in [2.05, 4.69) is 20.8 Å². The molecule has 16 heavy (non-hydrogen) atoms. The number of ether oxygens (including phenoxy) is 1. The van der Waals surface area contributed by atoms with Crippen molar-refractivity contribution in [3.8, 4) is 0 Å². The highest BCUT2D eigenvalue weighted by atomic mass is 16.5. The van der Waals surface area contributed by atoms with Gasteiger partial charge < -0.3 is 4.74 Å². The van der Waals surface area contributed by atoms with Crippen LogP contribution < -0.4 is 0 Å². The van der Waals surface area contributed by atoms with Crippen LogP contribution in [-0.4, -0.2) is 12.6 Å². The summed E-state index contributed by atoms with van der Waals surface area (Å²) in [5, 5.41) is 0. The van der Waals surface area contributed by atoms with Crippen LogP contribution in [0.15, 0.2) is 24.3 Å². The van der Waals surface area contributed by atoms with Gasteiger partial charge in [-0.05, 0) is 29.5 Å². The third-order valence-corrected chi connectivity index (χ3v) is 2.42. The van der Waals surface area contributed by atoms with Crippen molar-refractivity contribution in [3.05, 3.63) is 35.4 Å². The number of esters is 1. The molecule has 0 fully saturated rings. The van der Waals surface area contributed by atoms with Gasteiger partial charge in [0, 0.05) is 0 Å². The average molecular weight is 220 g/mol. The van der Waals surface area contributed by atoms with Crippen molar-refractivity contribution in [3.63, 3.8) is 0 Å². The Morgan fingerprint density at radius 2 is 1.75 bits per heavy atom. The lowest BCUT2D eigenvalue weighted by atomic mass is 9.87. The van der Waals surface area contributed by atoms with Crippen molar-refractivity contribution in [1.29, 1.82) is 0 Å². The molecule has 0 saturated carbocycles. The van der Waals surface area contributed by atoms with Crippen LogP contribution in [0.3, 0.4) is 0 Å². The van der Waals surface area contributed by atoms with Crippen LogP contribution in [0.2, 0.25) is 0 Å². The van der Waals surface area contributed by atoms with Crippen LogP contribution in [-0.2, 0) is 10.2 Å². The molecule has 0 atom stereocenters. The second-order valence-corrected chi connectivity index (χ2v) is 4.96. The normalized spacial score (nSPS) is 11.2. The minimum atomic E-state index is -0.234. The van der Waals surface area contributed by atoms with Crippen LogP contribution in [0, 0.1) is 0 Å². The first-order valence-corrected chi connectivity index (χ1v) is 5.73. The Morgan fingerprint density at radius 1 is 1.19 bits per heavy atom. The quantitative estimate of drug-likeness (QED) is 0.728. The van der Waals surface area contributed by atoms with E-state index in [9.17, 15) is 4.79 Å². The monoisotopic (exact) mass is 220 g/mol. The molecule has 0 aliphatic heterocycles. The molecular weight excluding hydrogens is 200 g/mol. The van der Waals surface area contributed by atoms with Crippen LogP contribution in [0.1, 0.15) is 50.0 Å². The van der Waals surface area contributed by atoms with Gasteiger partial charge in [0.15, 0.2) is 0 Å².